The first-order valence-corrected chi connectivity index (χ1v) is 9.32. The van der Waals surface area contributed by atoms with E-state index in [1.165, 1.54) is 30.3 Å². The Labute approximate surface area is 145 Å². The van der Waals surface area contributed by atoms with Gasteiger partial charge in [0.25, 0.3) is 5.91 Å². The molecule has 1 aliphatic heterocycles. The van der Waals surface area contributed by atoms with Gasteiger partial charge in [-0.1, -0.05) is 19.1 Å². The molecule has 7 heteroatoms. The number of fused-ring (bicyclic) bond motifs is 1. The molecule has 1 aliphatic rings. The normalized spacial score (nSPS) is 15.3. The van der Waals surface area contributed by atoms with Gasteiger partial charge < -0.3 is 5.32 Å². The van der Waals surface area contributed by atoms with Crippen LogP contribution >= 0.6 is 0 Å². The van der Waals surface area contributed by atoms with E-state index in [1.54, 1.807) is 18.2 Å². The minimum Gasteiger partial charge on any atom is -0.321 e. The maximum absolute atomic E-state index is 13.3. The summed E-state index contributed by atoms with van der Waals surface area (Å²) in [5.41, 5.74) is 1.93. The van der Waals surface area contributed by atoms with Crippen molar-refractivity contribution in [3.63, 3.8) is 0 Å². The third-order valence-electron chi connectivity index (χ3n) is 3.79. The number of sulfonamides is 1. The molecule has 130 valence electrons. The summed E-state index contributed by atoms with van der Waals surface area (Å²) in [5, 5.41) is 2.60. The quantitative estimate of drug-likeness (QED) is 0.805. The molecular weight excluding hydrogens is 343 g/mol. The molecule has 0 saturated carbocycles. The molecule has 3 rings (SSSR count). The lowest BCUT2D eigenvalue weighted by Crippen LogP contribution is -2.24. The highest BCUT2D eigenvalue weighted by atomic mass is 32.2. The second kappa shape index (κ2) is 6.78. The number of amides is 1. The average Bonchev–Trinajstić information content (AvgIpc) is 2.88. The van der Waals surface area contributed by atoms with Crippen LogP contribution in [0.5, 0.6) is 0 Å². The Balaban J connectivity index is 1.98. The fourth-order valence-electron chi connectivity index (χ4n) is 2.57. The highest BCUT2D eigenvalue weighted by molar-refractivity contribution is 7.89. The highest BCUT2D eigenvalue weighted by Gasteiger charge is 2.24. The van der Waals surface area contributed by atoms with Crippen molar-refractivity contribution in [2.45, 2.75) is 18.2 Å². The van der Waals surface area contributed by atoms with Crippen LogP contribution in [0.2, 0.25) is 0 Å². The van der Waals surface area contributed by atoms with E-state index < -0.39 is 15.8 Å². The lowest BCUT2D eigenvalue weighted by molar-refractivity contribution is -0.110. The van der Waals surface area contributed by atoms with Crippen LogP contribution in [0.15, 0.2) is 47.4 Å². The molecule has 0 spiro atoms. The number of benzene rings is 2. The molecule has 0 aromatic heterocycles. The summed E-state index contributed by atoms with van der Waals surface area (Å²) in [6.45, 7) is 2.23. The minimum absolute atomic E-state index is 0.132. The summed E-state index contributed by atoms with van der Waals surface area (Å²) in [6, 6.07) is 10.4. The monoisotopic (exact) mass is 360 g/mol. The van der Waals surface area contributed by atoms with Crippen molar-refractivity contribution < 1.29 is 17.6 Å². The molecular formula is C18H17FN2O3S. The average molecular weight is 360 g/mol. The van der Waals surface area contributed by atoms with Gasteiger partial charge in [-0.25, -0.2) is 17.5 Å². The Bertz CT molecular complexity index is 968. The van der Waals surface area contributed by atoms with E-state index in [2.05, 4.69) is 10.0 Å². The predicted molar refractivity (Wildman–Crippen MR) is 94.8 cm³/mol. The van der Waals surface area contributed by atoms with Crippen molar-refractivity contribution in [2.75, 3.05) is 11.9 Å². The Hall–Kier alpha value is -2.51. The Morgan fingerprint density at radius 1 is 1.20 bits per heavy atom. The van der Waals surface area contributed by atoms with Crippen LogP contribution in [-0.2, 0) is 14.8 Å². The van der Waals surface area contributed by atoms with Crippen LogP contribution in [0.1, 0.15) is 24.5 Å². The van der Waals surface area contributed by atoms with E-state index in [1.807, 2.05) is 6.92 Å². The summed E-state index contributed by atoms with van der Waals surface area (Å²) >= 11 is 0. The maximum Gasteiger partial charge on any atom is 0.256 e. The fraction of sp³-hybridized carbons (Fsp3) is 0.167. The molecule has 0 bridgehead atoms. The SMILES string of the molecule is CCCNS(=O)(=O)c1cccc(/C=C2\C(=O)Nc3cc(F)ccc32)c1. The number of hydrogen-bond acceptors (Lipinski definition) is 3. The molecule has 2 aromatic rings. The smallest absolute Gasteiger partial charge is 0.256 e. The molecule has 0 unspecified atom stereocenters. The number of carbonyl (C=O) groups is 1. The summed E-state index contributed by atoms with van der Waals surface area (Å²) in [7, 11) is -3.59. The van der Waals surface area contributed by atoms with E-state index in [4.69, 9.17) is 0 Å². The zero-order valence-electron chi connectivity index (χ0n) is 13.5. The molecule has 0 fully saturated rings. The lowest BCUT2D eigenvalue weighted by atomic mass is 10.0. The second-order valence-electron chi connectivity index (χ2n) is 5.67. The van der Waals surface area contributed by atoms with Gasteiger partial charge >= 0.3 is 0 Å². The molecule has 2 N–H and O–H groups in total. The Morgan fingerprint density at radius 3 is 2.76 bits per heavy atom. The molecule has 1 heterocycles. The summed E-state index contributed by atoms with van der Waals surface area (Å²) < 4.78 is 40.2. The number of nitrogens with one attached hydrogen (secondary N) is 2. The van der Waals surface area contributed by atoms with Crippen LogP contribution in [0.4, 0.5) is 10.1 Å². The standard InChI is InChI=1S/C18H17FN2O3S/c1-2-8-20-25(23,24)14-5-3-4-12(9-14)10-16-15-7-6-13(19)11-17(15)21-18(16)22/h3-7,9-11,20H,2,8H2,1H3,(H,21,22)/b16-10-. The van der Waals surface area contributed by atoms with Gasteiger partial charge in [-0.3, -0.25) is 4.79 Å². The van der Waals surface area contributed by atoms with Crippen LogP contribution in [0, 0.1) is 5.82 Å². The van der Waals surface area contributed by atoms with Crippen LogP contribution in [0.25, 0.3) is 11.6 Å². The first-order chi connectivity index (χ1) is 11.9. The number of carbonyl (C=O) groups excluding carboxylic acids is 1. The maximum atomic E-state index is 13.3. The van der Waals surface area contributed by atoms with Gasteiger partial charge in [0.1, 0.15) is 5.82 Å². The largest absolute Gasteiger partial charge is 0.321 e. The second-order valence-corrected chi connectivity index (χ2v) is 7.44. The van der Waals surface area contributed by atoms with Gasteiger partial charge in [0.15, 0.2) is 0 Å². The van der Waals surface area contributed by atoms with Crippen molar-refractivity contribution >= 4 is 33.3 Å². The number of anilines is 1. The topological polar surface area (TPSA) is 75.3 Å². The van der Waals surface area contributed by atoms with Crippen molar-refractivity contribution in [3.8, 4) is 0 Å². The molecule has 0 atom stereocenters. The molecule has 0 radical (unpaired) electrons. The van der Waals surface area contributed by atoms with E-state index >= 15 is 0 Å². The summed E-state index contributed by atoms with van der Waals surface area (Å²) in [4.78, 5) is 12.3. The highest BCUT2D eigenvalue weighted by Crippen LogP contribution is 2.33. The van der Waals surface area contributed by atoms with Gasteiger partial charge in [0.05, 0.1) is 10.6 Å². The number of halogens is 1. The lowest BCUT2D eigenvalue weighted by Gasteiger charge is -2.06. The number of hydrogen-bond donors (Lipinski definition) is 2. The molecule has 2 aromatic carbocycles. The van der Waals surface area contributed by atoms with Gasteiger partial charge in [0, 0.05) is 17.7 Å². The first-order valence-electron chi connectivity index (χ1n) is 7.83. The zero-order chi connectivity index (χ0) is 18.0. The molecule has 5 nitrogen and oxygen atoms in total. The van der Waals surface area contributed by atoms with Crippen molar-refractivity contribution in [1.82, 2.24) is 4.72 Å². The van der Waals surface area contributed by atoms with Gasteiger partial charge in [-0.05, 0) is 48.4 Å². The van der Waals surface area contributed by atoms with E-state index in [0.717, 1.165) is 0 Å². The first kappa shape index (κ1) is 17.3. The minimum atomic E-state index is -3.59. The van der Waals surface area contributed by atoms with Crippen molar-refractivity contribution in [1.29, 1.82) is 0 Å². The molecule has 0 saturated heterocycles. The number of rotatable bonds is 5. The van der Waals surface area contributed by atoms with E-state index in [9.17, 15) is 17.6 Å². The van der Waals surface area contributed by atoms with E-state index in [0.29, 0.717) is 35.4 Å². The van der Waals surface area contributed by atoms with Crippen molar-refractivity contribution in [3.05, 3.63) is 59.4 Å². The predicted octanol–water partition coefficient (Wildman–Crippen LogP) is 3.01. The Morgan fingerprint density at radius 2 is 2.00 bits per heavy atom. The zero-order valence-corrected chi connectivity index (χ0v) is 14.4. The third kappa shape index (κ3) is 3.62. The molecule has 1 amide bonds. The summed E-state index contributed by atoms with van der Waals surface area (Å²) in [6.07, 6.45) is 2.29. The summed E-state index contributed by atoms with van der Waals surface area (Å²) in [5.74, 6) is -0.784. The van der Waals surface area contributed by atoms with Gasteiger partial charge in [-0.2, -0.15) is 0 Å². The van der Waals surface area contributed by atoms with Crippen LogP contribution < -0.4 is 10.0 Å². The molecule has 0 aliphatic carbocycles. The van der Waals surface area contributed by atoms with Crippen LogP contribution in [0.3, 0.4) is 0 Å². The Kier molecular flexibility index (Phi) is 4.69. The van der Waals surface area contributed by atoms with Crippen LogP contribution in [-0.4, -0.2) is 20.9 Å². The molecule has 25 heavy (non-hydrogen) atoms. The third-order valence-corrected chi connectivity index (χ3v) is 5.24. The fourth-order valence-corrected chi connectivity index (χ4v) is 3.76. The van der Waals surface area contributed by atoms with Gasteiger partial charge in [0.2, 0.25) is 10.0 Å². The van der Waals surface area contributed by atoms with E-state index in [-0.39, 0.29) is 10.8 Å². The van der Waals surface area contributed by atoms with Gasteiger partial charge in [-0.15, -0.1) is 0 Å². The van der Waals surface area contributed by atoms with Crippen molar-refractivity contribution in [2.24, 2.45) is 0 Å².